The summed E-state index contributed by atoms with van der Waals surface area (Å²) in [6.07, 6.45) is -0.877. The van der Waals surface area contributed by atoms with Crippen LogP contribution in [-0.4, -0.2) is 5.11 Å². The molecule has 0 spiro atoms. The van der Waals surface area contributed by atoms with Gasteiger partial charge in [-0.25, -0.2) is 8.78 Å². The first kappa shape index (κ1) is 14.9. The van der Waals surface area contributed by atoms with Crippen molar-refractivity contribution in [2.24, 2.45) is 0 Å². The van der Waals surface area contributed by atoms with E-state index in [0.717, 1.165) is 0 Å². The molecule has 0 aliphatic carbocycles. The van der Waals surface area contributed by atoms with E-state index in [-0.39, 0.29) is 22.8 Å². The third kappa shape index (κ3) is 3.00. The highest BCUT2D eigenvalue weighted by Gasteiger charge is 2.16. The summed E-state index contributed by atoms with van der Waals surface area (Å²) in [6, 6.07) is 7.53. The van der Waals surface area contributed by atoms with Gasteiger partial charge < -0.3 is 5.11 Å². The molecule has 0 radical (unpaired) electrons. The molecule has 0 aliphatic rings. The average Bonchev–Trinajstić information content (AvgIpc) is 2.39. The molecule has 2 aromatic rings. The van der Waals surface area contributed by atoms with Crippen LogP contribution in [-0.2, 0) is 6.42 Å². The number of benzene rings is 2. The van der Waals surface area contributed by atoms with Crippen LogP contribution >= 0.6 is 11.6 Å². The number of rotatable bonds is 3. The summed E-state index contributed by atoms with van der Waals surface area (Å²) in [5.41, 5.74) is 1.74. The van der Waals surface area contributed by atoms with E-state index >= 15 is 0 Å². The molecule has 1 N–H and O–H groups in total. The summed E-state index contributed by atoms with van der Waals surface area (Å²) < 4.78 is 27.3. The van der Waals surface area contributed by atoms with Crippen molar-refractivity contribution >= 4 is 11.6 Å². The summed E-state index contributed by atoms with van der Waals surface area (Å²) in [5, 5.41) is 10.5. The largest absolute Gasteiger partial charge is 0.388 e. The minimum Gasteiger partial charge on any atom is -0.388 e. The second kappa shape index (κ2) is 5.90. The number of halogens is 3. The Balaban J connectivity index is 2.31. The van der Waals surface area contributed by atoms with Gasteiger partial charge in [-0.1, -0.05) is 29.8 Å². The topological polar surface area (TPSA) is 20.2 Å². The van der Waals surface area contributed by atoms with Crippen LogP contribution in [0.2, 0.25) is 5.02 Å². The predicted octanol–water partition coefficient (Wildman–Crippen LogP) is 4.51. The van der Waals surface area contributed by atoms with Gasteiger partial charge in [0, 0.05) is 17.0 Å². The first-order valence-electron chi connectivity index (χ1n) is 6.27. The first-order chi connectivity index (χ1) is 9.40. The Morgan fingerprint density at radius 3 is 2.30 bits per heavy atom. The van der Waals surface area contributed by atoms with Gasteiger partial charge in [0.2, 0.25) is 0 Å². The van der Waals surface area contributed by atoms with Gasteiger partial charge in [0.15, 0.2) is 0 Å². The van der Waals surface area contributed by atoms with Crippen LogP contribution in [0.5, 0.6) is 0 Å². The molecule has 106 valence electrons. The Bertz CT molecular complexity index is 597. The molecule has 1 nitrogen and oxygen atoms in total. The van der Waals surface area contributed by atoms with E-state index < -0.39 is 11.9 Å². The Kier molecular flexibility index (Phi) is 4.41. The fraction of sp³-hybridized carbons (Fsp3) is 0.250. The van der Waals surface area contributed by atoms with E-state index in [1.165, 1.54) is 12.1 Å². The average molecular weight is 297 g/mol. The number of hydrogen-bond donors (Lipinski definition) is 1. The Hall–Kier alpha value is -1.45. The van der Waals surface area contributed by atoms with Crippen molar-refractivity contribution in [3.8, 4) is 0 Å². The maximum atomic E-state index is 13.7. The summed E-state index contributed by atoms with van der Waals surface area (Å²) in [4.78, 5) is 0. The molecule has 0 heterocycles. The minimum absolute atomic E-state index is 0.0516. The lowest BCUT2D eigenvalue weighted by molar-refractivity contribution is 0.177. The minimum atomic E-state index is -0.928. The highest BCUT2D eigenvalue weighted by Crippen LogP contribution is 2.27. The monoisotopic (exact) mass is 296 g/mol. The maximum absolute atomic E-state index is 13.7. The molecule has 0 aliphatic heterocycles. The molecule has 0 aromatic heterocycles. The van der Waals surface area contributed by atoms with Gasteiger partial charge in [-0.3, -0.25) is 0 Å². The quantitative estimate of drug-likeness (QED) is 0.883. The summed E-state index contributed by atoms with van der Waals surface area (Å²) in [5.74, 6) is -0.739. The first-order valence-corrected chi connectivity index (χ1v) is 6.65. The Morgan fingerprint density at radius 2 is 1.75 bits per heavy atom. The maximum Gasteiger partial charge on any atom is 0.129 e. The highest BCUT2D eigenvalue weighted by atomic mass is 35.5. The number of hydrogen-bond acceptors (Lipinski definition) is 1. The number of aliphatic hydroxyl groups is 1. The molecule has 1 unspecified atom stereocenters. The van der Waals surface area contributed by atoms with Crippen LogP contribution in [0.25, 0.3) is 0 Å². The van der Waals surface area contributed by atoms with Crippen LogP contribution in [0.15, 0.2) is 30.3 Å². The molecule has 1 atom stereocenters. The smallest absolute Gasteiger partial charge is 0.129 e. The van der Waals surface area contributed by atoms with Crippen LogP contribution in [0.4, 0.5) is 8.78 Å². The van der Waals surface area contributed by atoms with Crippen molar-refractivity contribution in [1.29, 1.82) is 0 Å². The SMILES string of the molecule is Cc1cc(C(O)Cc2c(F)cccc2Cl)cc(C)c1F. The third-order valence-electron chi connectivity index (χ3n) is 3.30. The van der Waals surface area contributed by atoms with Gasteiger partial charge in [0.05, 0.1) is 6.10 Å². The Labute approximate surface area is 121 Å². The zero-order valence-corrected chi connectivity index (χ0v) is 12.0. The summed E-state index contributed by atoms with van der Waals surface area (Å²) in [7, 11) is 0. The zero-order valence-electron chi connectivity index (χ0n) is 11.3. The summed E-state index contributed by atoms with van der Waals surface area (Å²) >= 11 is 5.94. The highest BCUT2D eigenvalue weighted by molar-refractivity contribution is 6.31. The lowest BCUT2D eigenvalue weighted by atomic mass is 9.97. The fourth-order valence-electron chi connectivity index (χ4n) is 2.21. The molecule has 4 heteroatoms. The van der Waals surface area contributed by atoms with E-state index in [1.54, 1.807) is 32.0 Å². The van der Waals surface area contributed by atoms with E-state index in [0.29, 0.717) is 16.7 Å². The second-order valence-electron chi connectivity index (χ2n) is 4.89. The second-order valence-corrected chi connectivity index (χ2v) is 5.30. The van der Waals surface area contributed by atoms with Crippen molar-refractivity contribution in [3.05, 3.63) is 69.2 Å². The van der Waals surface area contributed by atoms with Gasteiger partial charge in [-0.05, 0) is 42.7 Å². The molecule has 2 aromatic carbocycles. The fourth-order valence-corrected chi connectivity index (χ4v) is 2.45. The lowest BCUT2D eigenvalue weighted by Gasteiger charge is -2.15. The predicted molar refractivity (Wildman–Crippen MR) is 75.9 cm³/mol. The molecule has 0 bridgehead atoms. The molecule has 20 heavy (non-hydrogen) atoms. The normalized spacial score (nSPS) is 12.5. The van der Waals surface area contributed by atoms with E-state index in [1.807, 2.05) is 0 Å². The number of aryl methyl sites for hydroxylation is 2. The van der Waals surface area contributed by atoms with Gasteiger partial charge >= 0.3 is 0 Å². The zero-order chi connectivity index (χ0) is 14.9. The molecule has 0 amide bonds. The van der Waals surface area contributed by atoms with E-state index in [2.05, 4.69) is 0 Å². The molecule has 0 saturated heterocycles. The van der Waals surface area contributed by atoms with Crippen LogP contribution < -0.4 is 0 Å². The molecule has 0 fully saturated rings. The van der Waals surface area contributed by atoms with E-state index in [9.17, 15) is 13.9 Å². The van der Waals surface area contributed by atoms with Crippen molar-refractivity contribution < 1.29 is 13.9 Å². The molecule has 2 rings (SSSR count). The van der Waals surface area contributed by atoms with Crippen LogP contribution in [0.1, 0.15) is 28.4 Å². The standard InChI is InChI=1S/C16H15ClF2O/c1-9-6-11(7-10(2)16(9)19)15(20)8-12-13(17)4-3-5-14(12)18/h3-7,15,20H,8H2,1-2H3. The van der Waals surface area contributed by atoms with Gasteiger partial charge in [-0.2, -0.15) is 0 Å². The molecule has 0 saturated carbocycles. The van der Waals surface area contributed by atoms with Crippen LogP contribution in [0, 0.1) is 25.5 Å². The van der Waals surface area contributed by atoms with Crippen molar-refractivity contribution in [1.82, 2.24) is 0 Å². The van der Waals surface area contributed by atoms with Crippen molar-refractivity contribution in [2.75, 3.05) is 0 Å². The van der Waals surface area contributed by atoms with E-state index in [4.69, 9.17) is 11.6 Å². The lowest BCUT2D eigenvalue weighted by Crippen LogP contribution is -2.06. The van der Waals surface area contributed by atoms with Crippen molar-refractivity contribution in [2.45, 2.75) is 26.4 Å². The number of aliphatic hydroxyl groups excluding tert-OH is 1. The third-order valence-corrected chi connectivity index (χ3v) is 3.66. The Morgan fingerprint density at radius 1 is 1.15 bits per heavy atom. The van der Waals surface area contributed by atoms with Gasteiger partial charge in [0.1, 0.15) is 11.6 Å². The van der Waals surface area contributed by atoms with Gasteiger partial charge in [-0.15, -0.1) is 0 Å². The van der Waals surface area contributed by atoms with Crippen molar-refractivity contribution in [3.63, 3.8) is 0 Å². The summed E-state index contributed by atoms with van der Waals surface area (Å²) in [6.45, 7) is 3.27. The van der Waals surface area contributed by atoms with Crippen LogP contribution in [0.3, 0.4) is 0 Å². The molecular weight excluding hydrogens is 282 g/mol. The van der Waals surface area contributed by atoms with Gasteiger partial charge in [0.25, 0.3) is 0 Å². The molecular formula is C16H15ClF2O.